The quantitative estimate of drug-likeness (QED) is 0.771. The first kappa shape index (κ1) is 17.4. The summed E-state index contributed by atoms with van der Waals surface area (Å²) in [4.78, 5) is 35.1. The highest BCUT2D eigenvalue weighted by molar-refractivity contribution is 5.97. The second kappa shape index (κ2) is 8.57. The topological polar surface area (TPSA) is 96.3 Å². The van der Waals surface area contributed by atoms with E-state index in [2.05, 4.69) is 10.1 Å². The lowest BCUT2D eigenvalue weighted by Crippen LogP contribution is -2.41. The zero-order valence-corrected chi connectivity index (χ0v) is 12.6. The van der Waals surface area contributed by atoms with Crippen LogP contribution in [0, 0.1) is 11.3 Å². The zero-order chi connectivity index (χ0) is 16.5. The summed E-state index contributed by atoms with van der Waals surface area (Å²) in [6.07, 6.45) is 0.780. The first-order valence-corrected chi connectivity index (χ1v) is 6.92. The number of amides is 1. The molecule has 0 aliphatic rings. The van der Waals surface area contributed by atoms with Crippen molar-refractivity contribution < 1.29 is 19.1 Å². The molecule has 0 aliphatic heterocycles. The van der Waals surface area contributed by atoms with Crippen molar-refractivity contribution in [1.29, 1.82) is 5.26 Å². The molecule has 0 heterocycles. The summed E-state index contributed by atoms with van der Waals surface area (Å²) in [5, 5.41) is 11.3. The van der Waals surface area contributed by atoms with Gasteiger partial charge in [-0.15, -0.1) is 0 Å². The summed E-state index contributed by atoms with van der Waals surface area (Å²) in [6.45, 7) is 1.74. The largest absolute Gasteiger partial charge is 0.467 e. The van der Waals surface area contributed by atoms with Crippen LogP contribution in [-0.2, 0) is 14.3 Å². The average molecular weight is 302 g/mol. The van der Waals surface area contributed by atoms with E-state index in [4.69, 9.17) is 5.26 Å². The summed E-state index contributed by atoms with van der Waals surface area (Å²) >= 11 is 0. The third-order valence-corrected chi connectivity index (χ3v) is 3.17. The minimum Gasteiger partial charge on any atom is -0.467 e. The van der Waals surface area contributed by atoms with Crippen molar-refractivity contribution in [3.05, 3.63) is 35.4 Å². The van der Waals surface area contributed by atoms with Crippen LogP contribution in [0.3, 0.4) is 0 Å². The standard InChI is InChI=1S/C16H18N2O4/c1-3-13(19)8-9-14(16(21)22-2)18-15(20)12-6-4-11(10-17)5-7-12/h4-7,14H,3,8-9H2,1-2H3,(H,18,20)/t14-/m0/s1. The molecule has 0 saturated heterocycles. The highest BCUT2D eigenvalue weighted by atomic mass is 16.5. The van der Waals surface area contributed by atoms with Crippen LogP contribution in [-0.4, -0.2) is 30.8 Å². The highest BCUT2D eigenvalue weighted by Crippen LogP contribution is 2.07. The Morgan fingerprint density at radius 2 is 1.91 bits per heavy atom. The summed E-state index contributed by atoms with van der Waals surface area (Å²) in [7, 11) is 1.23. The highest BCUT2D eigenvalue weighted by Gasteiger charge is 2.22. The fraction of sp³-hybridized carbons (Fsp3) is 0.375. The lowest BCUT2D eigenvalue weighted by atomic mass is 10.1. The fourth-order valence-corrected chi connectivity index (χ4v) is 1.81. The number of rotatable bonds is 7. The van der Waals surface area contributed by atoms with Crippen LogP contribution in [0.4, 0.5) is 0 Å². The van der Waals surface area contributed by atoms with Crippen molar-refractivity contribution in [2.45, 2.75) is 32.2 Å². The van der Waals surface area contributed by atoms with Gasteiger partial charge in [0.1, 0.15) is 11.8 Å². The van der Waals surface area contributed by atoms with Gasteiger partial charge in [-0.2, -0.15) is 5.26 Å². The number of hydrogen-bond donors (Lipinski definition) is 1. The second-order valence-electron chi connectivity index (χ2n) is 4.67. The SMILES string of the molecule is CCC(=O)CC[C@H](NC(=O)c1ccc(C#N)cc1)C(=O)OC. The van der Waals surface area contributed by atoms with Gasteiger partial charge in [0.25, 0.3) is 5.91 Å². The van der Waals surface area contributed by atoms with Gasteiger partial charge >= 0.3 is 5.97 Å². The molecular formula is C16H18N2O4. The molecule has 6 heteroatoms. The Kier molecular flexibility index (Phi) is 6.77. The van der Waals surface area contributed by atoms with Gasteiger partial charge in [0, 0.05) is 18.4 Å². The van der Waals surface area contributed by atoms with E-state index in [0.717, 1.165) is 0 Å². The Bertz CT molecular complexity index is 587. The third-order valence-electron chi connectivity index (χ3n) is 3.17. The van der Waals surface area contributed by atoms with Gasteiger partial charge in [-0.25, -0.2) is 4.79 Å². The van der Waals surface area contributed by atoms with Crippen molar-refractivity contribution >= 4 is 17.7 Å². The molecule has 1 rings (SSSR count). The molecule has 0 unspecified atom stereocenters. The van der Waals surface area contributed by atoms with E-state index in [9.17, 15) is 14.4 Å². The van der Waals surface area contributed by atoms with E-state index in [0.29, 0.717) is 17.5 Å². The molecule has 1 amide bonds. The van der Waals surface area contributed by atoms with Crippen LogP contribution in [0.25, 0.3) is 0 Å². The van der Waals surface area contributed by atoms with Crippen LogP contribution >= 0.6 is 0 Å². The molecule has 0 bridgehead atoms. The van der Waals surface area contributed by atoms with Gasteiger partial charge in [0.2, 0.25) is 0 Å². The minimum absolute atomic E-state index is 0.0153. The van der Waals surface area contributed by atoms with Gasteiger partial charge in [0.05, 0.1) is 18.7 Å². The number of methoxy groups -OCH3 is 1. The lowest BCUT2D eigenvalue weighted by molar-refractivity contribution is -0.143. The van der Waals surface area contributed by atoms with Crippen molar-refractivity contribution in [2.75, 3.05) is 7.11 Å². The normalized spacial score (nSPS) is 11.1. The second-order valence-corrected chi connectivity index (χ2v) is 4.67. The maximum atomic E-state index is 12.1. The number of carbonyl (C=O) groups is 3. The van der Waals surface area contributed by atoms with Crippen LogP contribution in [0.1, 0.15) is 42.1 Å². The van der Waals surface area contributed by atoms with Gasteiger partial charge in [-0.05, 0) is 30.7 Å². The molecule has 0 saturated carbocycles. The van der Waals surface area contributed by atoms with Crippen molar-refractivity contribution in [2.24, 2.45) is 0 Å². The van der Waals surface area contributed by atoms with Crippen molar-refractivity contribution in [3.8, 4) is 6.07 Å². The summed E-state index contributed by atoms with van der Waals surface area (Å²) in [5.41, 5.74) is 0.768. The van der Waals surface area contributed by atoms with E-state index in [-0.39, 0.29) is 18.6 Å². The number of nitrogens with one attached hydrogen (secondary N) is 1. The number of nitrogens with zero attached hydrogens (tertiary/aromatic N) is 1. The average Bonchev–Trinajstić information content (AvgIpc) is 2.57. The van der Waals surface area contributed by atoms with E-state index in [1.165, 1.54) is 31.4 Å². The Morgan fingerprint density at radius 1 is 1.27 bits per heavy atom. The first-order chi connectivity index (χ1) is 10.5. The molecule has 0 aromatic heterocycles. The predicted octanol–water partition coefficient (Wildman–Crippen LogP) is 1.59. The van der Waals surface area contributed by atoms with Crippen LogP contribution in [0.2, 0.25) is 0 Å². The first-order valence-electron chi connectivity index (χ1n) is 6.92. The smallest absolute Gasteiger partial charge is 0.328 e. The third kappa shape index (κ3) is 5.02. The Morgan fingerprint density at radius 3 is 2.41 bits per heavy atom. The number of ketones is 1. The maximum Gasteiger partial charge on any atom is 0.328 e. The van der Waals surface area contributed by atoms with E-state index >= 15 is 0 Å². The van der Waals surface area contributed by atoms with Gasteiger partial charge < -0.3 is 10.1 Å². The van der Waals surface area contributed by atoms with Crippen LogP contribution < -0.4 is 5.32 Å². The number of benzene rings is 1. The molecule has 1 N–H and O–H groups in total. The minimum atomic E-state index is -0.872. The molecule has 0 radical (unpaired) electrons. The van der Waals surface area contributed by atoms with Crippen LogP contribution in [0.5, 0.6) is 0 Å². The molecule has 0 fully saturated rings. The van der Waals surface area contributed by atoms with Crippen molar-refractivity contribution in [1.82, 2.24) is 5.32 Å². The van der Waals surface area contributed by atoms with Crippen molar-refractivity contribution in [3.63, 3.8) is 0 Å². The number of nitriles is 1. The summed E-state index contributed by atoms with van der Waals surface area (Å²) in [6, 6.07) is 7.12. The molecule has 1 aromatic rings. The molecular weight excluding hydrogens is 284 g/mol. The van der Waals surface area contributed by atoms with E-state index in [1.54, 1.807) is 6.92 Å². The molecule has 0 aliphatic carbocycles. The van der Waals surface area contributed by atoms with Gasteiger partial charge in [0.15, 0.2) is 0 Å². The number of hydrogen-bond acceptors (Lipinski definition) is 5. The van der Waals surface area contributed by atoms with Gasteiger partial charge in [-0.1, -0.05) is 6.92 Å². The molecule has 1 aromatic carbocycles. The number of ether oxygens (including phenoxy) is 1. The van der Waals surface area contributed by atoms with E-state index in [1.807, 2.05) is 6.07 Å². The molecule has 1 atom stereocenters. The Labute approximate surface area is 129 Å². The van der Waals surface area contributed by atoms with Gasteiger partial charge in [-0.3, -0.25) is 9.59 Å². The predicted molar refractivity (Wildman–Crippen MR) is 79.0 cm³/mol. The summed E-state index contributed by atoms with van der Waals surface area (Å²) < 4.78 is 4.64. The summed E-state index contributed by atoms with van der Waals surface area (Å²) in [5.74, 6) is -1.03. The zero-order valence-electron chi connectivity index (χ0n) is 12.6. The Hall–Kier alpha value is -2.68. The maximum absolute atomic E-state index is 12.1. The number of carbonyl (C=O) groups excluding carboxylic acids is 3. The Balaban J connectivity index is 2.75. The fourth-order valence-electron chi connectivity index (χ4n) is 1.81. The molecule has 22 heavy (non-hydrogen) atoms. The number of Topliss-reactive ketones (excluding diaryl/α,β-unsaturated/α-hetero) is 1. The molecule has 0 spiro atoms. The monoisotopic (exact) mass is 302 g/mol. The molecule has 6 nitrogen and oxygen atoms in total. The molecule has 116 valence electrons. The number of esters is 1. The lowest BCUT2D eigenvalue weighted by Gasteiger charge is -2.16. The van der Waals surface area contributed by atoms with E-state index < -0.39 is 17.9 Å². The van der Waals surface area contributed by atoms with Crippen LogP contribution in [0.15, 0.2) is 24.3 Å².